The summed E-state index contributed by atoms with van der Waals surface area (Å²) in [6.07, 6.45) is 1.00. The third kappa shape index (κ3) is 1.76. The van der Waals surface area contributed by atoms with E-state index in [1.54, 1.807) is 0 Å². The zero-order valence-corrected chi connectivity index (χ0v) is 10.8. The maximum Gasteiger partial charge on any atom is 0.198 e. The third-order valence-electron chi connectivity index (χ3n) is 2.85. The number of aromatic amines is 1. The van der Waals surface area contributed by atoms with E-state index < -0.39 is 0 Å². The Hall–Kier alpha value is -1.88. The van der Waals surface area contributed by atoms with Crippen LogP contribution in [0.25, 0.3) is 22.6 Å². The van der Waals surface area contributed by atoms with Gasteiger partial charge >= 0.3 is 0 Å². The van der Waals surface area contributed by atoms with Gasteiger partial charge in [0.25, 0.3) is 0 Å². The molecule has 2 aromatic heterocycles. The van der Waals surface area contributed by atoms with Crippen molar-refractivity contribution >= 4 is 23.2 Å². The van der Waals surface area contributed by atoms with E-state index in [1.165, 1.54) is 0 Å². The SMILES string of the molecule is CCCn1c(-c2cc3ccccc3o2)n[nH]c1=S. The Morgan fingerprint density at radius 2 is 2.22 bits per heavy atom. The minimum Gasteiger partial charge on any atom is -0.453 e. The van der Waals surface area contributed by atoms with E-state index in [-0.39, 0.29) is 0 Å². The van der Waals surface area contributed by atoms with E-state index in [0.29, 0.717) is 4.77 Å². The number of nitrogens with one attached hydrogen (secondary N) is 1. The Kier molecular flexibility index (Phi) is 2.76. The summed E-state index contributed by atoms with van der Waals surface area (Å²) in [6, 6.07) is 9.91. The molecule has 0 saturated carbocycles. The Labute approximate surface area is 109 Å². The number of furan rings is 1. The average molecular weight is 259 g/mol. The van der Waals surface area contributed by atoms with E-state index in [4.69, 9.17) is 16.6 Å². The van der Waals surface area contributed by atoms with Crippen LogP contribution in [0.2, 0.25) is 0 Å². The molecule has 0 radical (unpaired) electrons. The maximum atomic E-state index is 5.80. The number of aromatic nitrogens is 3. The molecule has 0 aliphatic carbocycles. The number of nitrogens with zero attached hydrogens (tertiary/aromatic N) is 2. The number of benzene rings is 1. The number of rotatable bonds is 3. The highest BCUT2D eigenvalue weighted by Crippen LogP contribution is 2.26. The number of hydrogen-bond acceptors (Lipinski definition) is 3. The first-order valence-corrected chi connectivity index (χ1v) is 6.34. The van der Waals surface area contributed by atoms with Crippen LogP contribution in [-0.4, -0.2) is 14.8 Å². The van der Waals surface area contributed by atoms with Crippen LogP contribution < -0.4 is 0 Å². The Morgan fingerprint density at radius 1 is 1.39 bits per heavy atom. The molecule has 0 saturated heterocycles. The van der Waals surface area contributed by atoms with Crippen LogP contribution in [0.5, 0.6) is 0 Å². The van der Waals surface area contributed by atoms with Gasteiger partial charge < -0.3 is 4.42 Å². The predicted molar refractivity (Wildman–Crippen MR) is 72.9 cm³/mol. The fraction of sp³-hybridized carbons (Fsp3) is 0.231. The first-order valence-electron chi connectivity index (χ1n) is 5.93. The van der Waals surface area contributed by atoms with Crippen molar-refractivity contribution in [1.29, 1.82) is 0 Å². The highest BCUT2D eigenvalue weighted by Gasteiger charge is 2.12. The lowest BCUT2D eigenvalue weighted by atomic mass is 10.2. The van der Waals surface area contributed by atoms with E-state index in [2.05, 4.69) is 17.1 Å². The molecule has 2 heterocycles. The van der Waals surface area contributed by atoms with Gasteiger partial charge in [-0.25, -0.2) is 0 Å². The van der Waals surface area contributed by atoms with Crippen molar-refractivity contribution in [2.75, 3.05) is 0 Å². The zero-order valence-electron chi connectivity index (χ0n) is 10.0. The summed E-state index contributed by atoms with van der Waals surface area (Å²) in [5.41, 5.74) is 0.865. The van der Waals surface area contributed by atoms with Gasteiger partial charge in [-0.1, -0.05) is 25.1 Å². The molecule has 5 heteroatoms. The van der Waals surface area contributed by atoms with Crippen molar-refractivity contribution < 1.29 is 4.42 Å². The van der Waals surface area contributed by atoms with E-state index in [9.17, 15) is 0 Å². The third-order valence-corrected chi connectivity index (χ3v) is 3.16. The van der Waals surface area contributed by atoms with Crippen molar-refractivity contribution in [2.24, 2.45) is 0 Å². The van der Waals surface area contributed by atoms with Gasteiger partial charge in [0.15, 0.2) is 16.4 Å². The molecule has 3 rings (SSSR count). The summed E-state index contributed by atoms with van der Waals surface area (Å²) < 4.78 is 8.40. The van der Waals surface area contributed by atoms with Crippen molar-refractivity contribution in [1.82, 2.24) is 14.8 Å². The summed E-state index contributed by atoms with van der Waals surface area (Å²) in [5.74, 6) is 1.51. The molecule has 1 N–H and O–H groups in total. The molecule has 0 aliphatic rings. The minimum absolute atomic E-state index is 0.632. The molecular formula is C13H13N3OS. The molecule has 0 aliphatic heterocycles. The standard InChI is InChI=1S/C13H13N3OS/c1-2-7-16-12(14-15-13(16)18)11-8-9-5-3-4-6-10(9)17-11/h3-6,8H,2,7H2,1H3,(H,15,18). The molecule has 0 bridgehead atoms. The lowest BCUT2D eigenvalue weighted by Crippen LogP contribution is -1.99. The molecule has 92 valence electrons. The molecule has 1 aromatic carbocycles. The molecule has 0 amide bonds. The molecule has 0 atom stereocenters. The van der Waals surface area contributed by atoms with Crippen molar-refractivity contribution in [2.45, 2.75) is 19.9 Å². The normalized spacial score (nSPS) is 11.2. The Bertz CT molecular complexity index is 705. The largest absolute Gasteiger partial charge is 0.453 e. The molecule has 0 fully saturated rings. The molecule has 0 spiro atoms. The number of fused-ring (bicyclic) bond motifs is 1. The molecule has 0 unspecified atom stereocenters. The summed E-state index contributed by atoms with van der Waals surface area (Å²) in [7, 11) is 0. The zero-order chi connectivity index (χ0) is 12.5. The molecule has 3 aromatic rings. The van der Waals surface area contributed by atoms with Gasteiger partial charge in [0.2, 0.25) is 0 Å². The summed E-state index contributed by atoms with van der Waals surface area (Å²) in [4.78, 5) is 0. The van der Waals surface area contributed by atoms with Crippen LogP contribution in [-0.2, 0) is 6.54 Å². The average Bonchev–Trinajstić information content (AvgIpc) is 2.94. The van der Waals surface area contributed by atoms with Crippen LogP contribution in [0.3, 0.4) is 0 Å². The Balaban J connectivity index is 2.17. The second-order valence-corrected chi connectivity index (χ2v) is 4.54. The molecule has 4 nitrogen and oxygen atoms in total. The highest BCUT2D eigenvalue weighted by molar-refractivity contribution is 7.71. The van der Waals surface area contributed by atoms with Crippen LogP contribution in [0.1, 0.15) is 13.3 Å². The van der Waals surface area contributed by atoms with Gasteiger partial charge in [0, 0.05) is 11.9 Å². The van der Waals surface area contributed by atoms with E-state index >= 15 is 0 Å². The maximum absolute atomic E-state index is 5.80. The second kappa shape index (κ2) is 4.42. The van der Waals surface area contributed by atoms with E-state index in [1.807, 2.05) is 34.9 Å². The van der Waals surface area contributed by atoms with Crippen LogP contribution >= 0.6 is 12.2 Å². The first-order chi connectivity index (χ1) is 8.79. The van der Waals surface area contributed by atoms with Crippen molar-refractivity contribution in [3.8, 4) is 11.6 Å². The second-order valence-electron chi connectivity index (χ2n) is 4.15. The van der Waals surface area contributed by atoms with Crippen LogP contribution in [0.15, 0.2) is 34.7 Å². The topological polar surface area (TPSA) is 46.8 Å². The summed E-state index contributed by atoms with van der Waals surface area (Å²) in [6.45, 7) is 2.94. The summed E-state index contributed by atoms with van der Waals surface area (Å²) in [5, 5.41) is 8.15. The predicted octanol–water partition coefficient (Wildman–Crippen LogP) is 3.76. The number of para-hydroxylation sites is 1. The lowest BCUT2D eigenvalue weighted by Gasteiger charge is -2.01. The van der Waals surface area contributed by atoms with Crippen LogP contribution in [0.4, 0.5) is 0 Å². The first kappa shape index (κ1) is 11.2. The smallest absolute Gasteiger partial charge is 0.198 e. The fourth-order valence-corrected chi connectivity index (χ4v) is 2.25. The van der Waals surface area contributed by atoms with E-state index in [0.717, 1.165) is 35.5 Å². The van der Waals surface area contributed by atoms with Gasteiger partial charge in [-0.15, -0.1) is 0 Å². The highest BCUT2D eigenvalue weighted by atomic mass is 32.1. The number of H-pyrrole nitrogens is 1. The molecular weight excluding hydrogens is 246 g/mol. The lowest BCUT2D eigenvalue weighted by molar-refractivity contribution is 0.604. The monoisotopic (exact) mass is 259 g/mol. The summed E-state index contributed by atoms with van der Waals surface area (Å²) >= 11 is 5.22. The van der Waals surface area contributed by atoms with Crippen LogP contribution in [0, 0.1) is 4.77 Å². The van der Waals surface area contributed by atoms with Crippen molar-refractivity contribution in [3.05, 3.63) is 35.1 Å². The Morgan fingerprint density at radius 3 is 3.00 bits per heavy atom. The van der Waals surface area contributed by atoms with Gasteiger partial charge in [0.05, 0.1) is 0 Å². The van der Waals surface area contributed by atoms with Gasteiger partial charge in [-0.3, -0.25) is 9.67 Å². The molecule has 18 heavy (non-hydrogen) atoms. The van der Waals surface area contributed by atoms with Gasteiger partial charge in [-0.05, 0) is 30.8 Å². The fourth-order valence-electron chi connectivity index (χ4n) is 2.03. The number of hydrogen-bond donors (Lipinski definition) is 1. The van der Waals surface area contributed by atoms with Gasteiger partial charge in [-0.2, -0.15) is 5.10 Å². The quantitative estimate of drug-likeness (QED) is 0.728. The van der Waals surface area contributed by atoms with Gasteiger partial charge in [0.1, 0.15) is 5.58 Å². The minimum atomic E-state index is 0.632. The van der Waals surface area contributed by atoms with Crippen molar-refractivity contribution in [3.63, 3.8) is 0 Å².